The first-order valence-electron chi connectivity index (χ1n) is 8.86. The van der Waals surface area contributed by atoms with Crippen LogP contribution in [-0.2, 0) is 6.42 Å². The van der Waals surface area contributed by atoms with Gasteiger partial charge in [-0.2, -0.15) is 0 Å². The normalized spacial score (nSPS) is 12.1. The molecule has 0 bridgehead atoms. The van der Waals surface area contributed by atoms with Crippen molar-refractivity contribution in [3.8, 4) is 0 Å². The molecular weight excluding hydrogens is 385 g/mol. The van der Waals surface area contributed by atoms with Gasteiger partial charge in [-0.3, -0.25) is 4.40 Å². The quantitative estimate of drug-likeness (QED) is 0.610. The summed E-state index contributed by atoms with van der Waals surface area (Å²) < 4.78 is 1.90. The molecule has 0 saturated heterocycles. The van der Waals surface area contributed by atoms with Gasteiger partial charge in [0.2, 0.25) is 0 Å². The highest BCUT2D eigenvalue weighted by Gasteiger charge is 2.19. The average Bonchev–Trinajstić information content (AvgIpc) is 3.04. The Hall–Kier alpha value is -2.31. The third-order valence-corrected chi connectivity index (χ3v) is 4.59. The molecule has 0 radical (unpaired) electrons. The molecule has 1 unspecified atom stereocenters. The lowest BCUT2D eigenvalue weighted by atomic mass is 10.1. The summed E-state index contributed by atoms with van der Waals surface area (Å²) in [6, 6.07) is 10.6. The van der Waals surface area contributed by atoms with Crippen molar-refractivity contribution >= 4 is 34.9 Å². The van der Waals surface area contributed by atoms with E-state index in [4.69, 9.17) is 23.2 Å². The zero-order valence-electron chi connectivity index (χ0n) is 15.0. The van der Waals surface area contributed by atoms with Crippen molar-refractivity contribution in [1.29, 1.82) is 0 Å². The molecule has 2 heterocycles. The fourth-order valence-corrected chi connectivity index (χ4v) is 3.51. The van der Waals surface area contributed by atoms with Crippen molar-refractivity contribution in [2.45, 2.75) is 32.2 Å². The fraction of sp³-hybridized carbons (Fsp3) is 0.316. The first-order chi connectivity index (χ1) is 13.1. The number of amides is 2. The number of benzene rings is 1. The zero-order valence-corrected chi connectivity index (χ0v) is 16.5. The summed E-state index contributed by atoms with van der Waals surface area (Å²) >= 11 is 12.0. The molecule has 2 N–H and O–H groups in total. The number of carbonyl (C=O) groups is 1. The maximum atomic E-state index is 12.4. The molecule has 1 aromatic carbocycles. The zero-order chi connectivity index (χ0) is 19.2. The first kappa shape index (κ1) is 19.5. The summed E-state index contributed by atoms with van der Waals surface area (Å²) in [6.45, 7) is 2.54. The summed E-state index contributed by atoms with van der Waals surface area (Å²) in [5, 5.41) is 15.5. The Kier molecular flexibility index (Phi) is 6.53. The van der Waals surface area contributed by atoms with Gasteiger partial charge in [-0.05, 0) is 48.7 Å². The Morgan fingerprint density at radius 1 is 1.19 bits per heavy atom. The second-order valence-corrected chi connectivity index (χ2v) is 7.13. The molecular formula is C19H21Cl2N5O. The number of halogens is 2. The van der Waals surface area contributed by atoms with Crippen LogP contribution in [-0.4, -0.2) is 27.2 Å². The lowest BCUT2D eigenvalue weighted by Crippen LogP contribution is -2.39. The number of carbonyl (C=O) groups excluding carboxylic acids is 1. The van der Waals surface area contributed by atoms with Crippen molar-refractivity contribution in [1.82, 2.24) is 25.2 Å². The predicted octanol–water partition coefficient (Wildman–Crippen LogP) is 4.42. The van der Waals surface area contributed by atoms with E-state index in [0.717, 1.165) is 29.9 Å². The van der Waals surface area contributed by atoms with Crippen LogP contribution in [0.1, 0.15) is 37.2 Å². The smallest absolute Gasteiger partial charge is 0.315 e. The number of rotatable bonds is 7. The summed E-state index contributed by atoms with van der Waals surface area (Å²) in [5.74, 6) is 0.726. The number of fused-ring (bicyclic) bond motifs is 1. The number of hydrogen-bond acceptors (Lipinski definition) is 3. The van der Waals surface area contributed by atoms with E-state index >= 15 is 0 Å². The number of nitrogens with one attached hydrogen (secondary N) is 2. The van der Waals surface area contributed by atoms with Crippen LogP contribution in [0.25, 0.3) is 5.65 Å². The van der Waals surface area contributed by atoms with Gasteiger partial charge in [0.15, 0.2) is 11.5 Å². The maximum absolute atomic E-state index is 12.4. The number of nitrogens with zero attached hydrogens (tertiary/aromatic N) is 3. The van der Waals surface area contributed by atoms with Crippen molar-refractivity contribution < 1.29 is 4.79 Å². The molecule has 0 fully saturated rings. The Labute approximate surface area is 167 Å². The van der Waals surface area contributed by atoms with Gasteiger partial charge in [0.25, 0.3) is 0 Å². The van der Waals surface area contributed by atoms with Crippen LogP contribution in [0.4, 0.5) is 4.79 Å². The largest absolute Gasteiger partial charge is 0.338 e. The van der Waals surface area contributed by atoms with Crippen LogP contribution >= 0.6 is 23.2 Å². The highest BCUT2D eigenvalue weighted by atomic mass is 35.5. The van der Waals surface area contributed by atoms with Crippen LogP contribution in [0.2, 0.25) is 10.0 Å². The lowest BCUT2D eigenvalue weighted by Gasteiger charge is -2.17. The molecule has 0 spiro atoms. The molecule has 0 aliphatic carbocycles. The molecule has 0 aliphatic rings. The van der Waals surface area contributed by atoms with Gasteiger partial charge >= 0.3 is 6.03 Å². The first-order valence-corrected chi connectivity index (χ1v) is 9.61. The van der Waals surface area contributed by atoms with Crippen LogP contribution in [0.5, 0.6) is 0 Å². The van der Waals surface area contributed by atoms with E-state index in [1.807, 2.05) is 40.9 Å². The Morgan fingerprint density at radius 2 is 1.96 bits per heavy atom. The molecule has 2 aromatic heterocycles. The van der Waals surface area contributed by atoms with Crippen LogP contribution < -0.4 is 10.6 Å². The van der Waals surface area contributed by atoms with Crippen LogP contribution in [0.3, 0.4) is 0 Å². The second kappa shape index (κ2) is 9.06. The molecule has 3 rings (SSSR count). The second-order valence-electron chi connectivity index (χ2n) is 6.26. The molecule has 142 valence electrons. The average molecular weight is 406 g/mol. The molecule has 6 nitrogen and oxygen atoms in total. The van der Waals surface area contributed by atoms with Gasteiger partial charge in [0.05, 0.1) is 6.04 Å². The van der Waals surface area contributed by atoms with Crippen molar-refractivity contribution in [2.75, 3.05) is 6.54 Å². The predicted molar refractivity (Wildman–Crippen MR) is 107 cm³/mol. The highest BCUT2D eigenvalue weighted by molar-refractivity contribution is 6.34. The molecule has 2 amide bonds. The van der Waals surface area contributed by atoms with Crippen molar-refractivity contribution in [3.05, 3.63) is 64.0 Å². The Bertz CT molecular complexity index is 907. The van der Waals surface area contributed by atoms with Crippen LogP contribution in [0, 0.1) is 0 Å². The number of pyridine rings is 1. The van der Waals surface area contributed by atoms with E-state index in [-0.39, 0.29) is 12.1 Å². The standard InChI is InChI=1S/C19H21Cl2N5O/c1-2-5-16(18-25-24-17-6-3-4-9-26(17)18)23-19(27)22-8-7-13-10-14(20)12-15(21)11-13/h3-4,6,9-12,16H,2,5,7-8H2,1H3,(H2,22,23,27). The van der Waals surface area contributed by atoms with Gasteiger partial charge in [-0.25, -0.2) is 4.79 Å². The van der Waals surface area contributed by atoms with Crippen molar-refractivity contribution in [2.24, 2.45) is 0 Å². The minimum atomic E-state index is -0.241. The Balaban J connectivity index is 1.60. The number of urea groups is 1. The summed E-state index contributed by atoms with van der Waals surface area (Å²) in [7, 11) is 0. The minimum absolute atomic E-state index is 0.215. The van der Waals surface area contributed by atoms with Gasteiger partial charge < -0.3 is 10.6 Å². The minimum Gasteiger partial charge on any atom is -0.338 e. The summed E-state index contributed by atoms with van der Waals surface area (Å²) in [4.78, 5) is 12.4. The van der Waals surface area contributed by atoms with Crippen LogP contribution in [0.15, 0.2) is 42.6 Å². The molecule has 0 aliphatic heterocycles. The van der Waals surface area contributed by atoms with Crippen molar-refractivity contribution in [3.63, 3.8) is 0 Å². The van der Waals surface area contributed by atoms with Gasteiger partial charge in [0, 0.05) is 22.8 Å². The van der Waals surface area contributed by atoms with E-state index in [2.05, 4.69) is 27.8 Å². The lowest BCUT2D eigenvalue weighted by molar-refractivity contribution is 0.235. The number of aromatic nitrogens is 3. The molecule has 8 heteroatoms. The monoisotopic (exact) mass is 405 g/mol. The molecule has 1 atom stereocenters. The molecule has 0 saturated carbocycles. The third-order valence-electron chi connectivity index (χ3n) is 4.16. The SMILES string of the molecule is CCCC(NC(=O)NCCc1cc(Cl)cc(Cl)c1)c1nnc2ccccn12. The summed E-state index contributed by atoms with van der Waals surface area (Å²) in [6.07, 6.45) is 4.22. The maximum Gasteiger partial charge on any atom is 0.315 e. The topological polar surface area (TPSA) is 71.3 Å². The summed E-state index contributed by atoms with van der Waals surface area (Å²) in [5.41, 5.74) is 1.73. The van der Waals surface area contributed by atoms with E-state index in [1.54, 1.807) is 6.07 Å². The van der Waals surface area contributed by atoms with E-state index < -0.39 is 0 Å². The van der Waals surface area contributed by atoms with Gasteiger partial charge in [0.1, 0.15) is 0 Å². The highest BCUT2D eigenvalue weighted by Crippen LogP contribution is 2.19. The fourth-order valence-electron chi connectivity index (χ4n) is 2.94. The number of hydrogen-bond donors (Lipinski definition) is 2. The molecule has 27 heavy (non-hydrogen) atoms. The van der Waals surface area contributed by atoms with E-state index in [9.17, 15) is 4.79 Å². The Morgan fingerprint density at radius 3 is 2.70 bits per heavy atom. The van der Waals surface area contributed by atoms with Gasteiger partial charge in [-0.1, -0.05) is 42.6 Å². The third kappa shape index (κ3) is 5.11. The van der Waals surface area contributed by atoms with Gasteiger partial charge in [-0.15, -0.1) is 10.2 Å². The van der Waals surface area contributed by atoms with E-state index in [0.29, 0.717) is 23.0 Å². The molecule has 3 aromatic rings. The van der Waals surface area contributed by atoms with E-state index in [1.165, 1.54) is 0 Å².